The molecule has 0 spiro atoms. The summed E-state index contributed by atoms with van der Waals surface area (Å²) >= 11 is 0. The summed E-state index contributed by atoms with van der Waals surface area (Å²) in [6.07, 6.45) is 0. The van der Waals surface area contributed by atoms with Gasteiger partial charge in [0.2, 0.25) is 15.9 Å². The summed E-state index contributed by atoms with van der Waals surface area (Å²) < 4.78 is 26.5. The van der Waals surface area contributed by atoms with Crippen molar-refractivity contribution in [2.75, 3.05) is 25.0 Å². The molecular weight excluding hydrogens is 366 g/mol. The van der Waals surface area contributed by atoms with E-state index < -0.39 is 15.9 Å². The molecule has 0 heterocycles. The predicted octanol–water partition coefficient (Wildman–Crippen LogP) is 2.09. The van der Waals surface area contributed by atoms with Crippen LogP contribution in [0, 0.1) is 0 Å². The van der Waals surface area contributed by atoms with Gasteiger partial charge in [-0.1, -0.05) is 38.1 Å². The lowest BCUT2D eigenvalue weighted by Gasteiger charge is -2.18. The predicted molar refractivity (Wildman–Crippen MR) is 104 cm³/mol. The summed E-state index contributed by atoms with van der Waals surface area (Å²) in [5.41, 5.74) is 0.805. The summed E-state index contributed by atoms with van der Waals surface area (Å²) in [6.45, 7) is 3.97. The van der Waals surface area contributed by atoms with E-state index in [4.69, 9.17) is 0 Å². The second-order valence-electron chi connectivity index (χ2n) is 5.71. The minimum atomic E-state index is -3.66. The van der Waals surface area contributed by atoms with Crippen molar-refractivity contribution in [2.24, 2.45) is 0 Å². The number of sulfonamides is 1. The van der Waals surface area contributed by atoms with Crippen LogP contribution in [0.1, 0.15) is 24.2 Å². The monoisotopic (exact) mass is 389 g/mol. The van der Waals surface area contributed by atoms with Crippen molar-refractivity contribution in [1.82, 2.24) is 9.62 Å². The van der Waals surface area contributed by atoms with Crippen molar-refractivity contribution in [1.29, 1.82) is 0 Å². The zero-order chi connectivity index (χ0) is 19.9. The number of para-hydroxylation sites is 1. The van der Waals surface area contributed by atoms with Crippen molar-refractivity contribution in [3.8, 4) is 0 Å². The van der Waals surface area contributed by atoms with Gasteiger partial charge >= 0.3 is 0 Å². The van der Waals surface area contributed by atoms with Crippen LogP contribution in [-0.4, -0.2) is 44.2 Å². The molecule has 2 aromatic rings. The van der Waals surface area contributed by atoms with E-state index in [9.17, 15) is 18.0 Å². The number of nitrogens with zero attached hydrogens (tertiary/aromatic N) is 1. The fourth-order valence-electron chi connectivity index (χ4n) is 2.50. The Balaban J connectivity index is 2.04. The highest BCUT2D eigenvalue weighted by Crippen LogP contribution is 2.17. The number of carbonyl (C=O) groups excluding carboxylic acids is 2. The lowest BCUT2D eigenvalue weighted by Crippen LogP contribution is -2.33. The molecule has 0 aliphatic heterocycles. The van der Waals surface area contributed by atoms with Crippen LogP contribution in [0.3, 0.4) is 0 Å². The molecule has 2 N–H and O–H groups in total. The van der Waals surface area contributed by atoms with Gasteiger partial charge in [-0.3, -0.25) is 9.59 Å². The van der Waals surface area contributed by atoms with Gasteiger partial charge in [0.05, 0.1) is 11.4 Å². The summed E-state index contributed by atoms with van der Waals surface area (Å²) in [5, 5.41) is 5.15. The number of rotatable bonds is 8. The number of hydrogen-bond acceptors (Lipinski definition) is 4. The van der Waals surface area contributed by atoms with E-state index >= 15 is 0 Å². The van der Waals surface area contributed by atoms with Crippen LogP contribution in [0.25, 0.3) is 0 Å². The second kappa shape index (κ2) is 9.29. The van der Waals surface area contributed by atoms with E-state index in [1.54, 1.807) is 38.1 Å². The van der Waals surface area contributed by atoms with Gasteiger partial charge in [-0.2, -0.15) is 4.31 Å². The second-order valence-corrected chi connectivity index (χ2v) is 7.65. The Morgan fingerprint density at radius 3 is 2.26 bits per heavy atom. The normalized spacial score (nSPS) is 11.2. The van der Waals surface area contributed by atoms with Gasteiger partial charge in [-0.25, -0.2) is 8.42 Å². The Kier molecular flexibility index (Phi) is 7.09. The third kappa shape index (κ3) is 5.38. The lowest BCUT2D eigenvalue weighted by atomic mass is 10.2. The molecule has 0 atom stereocenters. The summed E-state index contributed by atoms with van der Waals surface area (Å²) in [4.78, 5) is 24.3. The Morgan fingerprint density at radius 1 is 0.963 bits per heavy atom. The van der Waals surface area contributed by atoms with Crippen LogP contribution in [-0.2, 0) is 14.8 Å². The standard InChI is InChI=1S/C19H23N3O4S/c1-3-22(4-2)27(25,26)17-12-8-9-15(13-17)19(24)20-14-18(23)21-16-10-6-5-7-11-16/h5-13H,3-4,14H2,1-2H3,(H,20,24)(H,21,23). The molecule has 7 nitrogen and oxygen atoms in total. The number of hydrogen-bond donors (Lipinski definition) is 2. The number of amides is 2. The van der Waals surface area contributed by atoms with Crippen LogP contribution in [0.2, 0.25) is 0 Å². The lowest BCUT2D eigenvalue weighted by molar-refractivity contribution is -0.115. The SMILES string of the molecule is CCN(CC)S(=O)(=O)c1cccc(C(=O)NCC(=O)Nc2ccccc2)c1. The van der Waals surface area contributed by atoms with Crippen molar-refractivity contribution in [3.63, 3.8) is 0 Å². The smallest absolute Gasteiger partial charge is 0.251 e. The van der Waals surface area contributed by atoms with Gasteiger partial charge in [-0.05, 0) is 30.3 Å². The molecule has 0 unspecified atom stereocenters. The van der Waals surface area contributed by atoms with Crippen LogP contribution in [0.15, 0.2) is 59.5 Å². The first kappa shape index (κ1) is 20.6. The number of nitrogens with one attached hydrogen (secondary N) is 2. The van der Waals surface area contributed by atoms with Crippen LogP contribution in [0.5, 0.6) is 0 Å². The summed E-state index contributed by atoms with van der Waals surface area (Å²) in [5.74, 6) is -0.892. The van der Waals surface area contributed by atoms with Crippen molar-refractivity contribution < 1.29 is 18.0 Å². The van der Waals surface area contributed by atoms with Gasteiger partial charge in [0.15, 0.2) is 0 Å². The third-order valence-electron chi connectivity index (χ3n) is 3.91. The maximum atomic E-state index is 12.6. The molecule has 2 rings (SSSR count). The molecule has 8 heteroatoms. The fraction of sp³-hybridized carbons (Fsp3) is 0.263. The van der Waals surface area contributed by atoms with Crippen LogP contribution >= 0.6 is 0 Å². The molecule has 0 fully saturated rings. The highest BCUT2D eigenvalue weighted by Gasteiger charge is 2.22. The molecule has 0 aromatic heterocycles. The average molecular weight is 389 g/mol. The largest absolute Gasteiger partial charge is 0.343 e. The zero-order valence-corrected chi connectivity index (χ0v) is 16.1. The topological polar surface area (TPSA) is 95.6 Å². The molecular formula is C19H23N3O4S. The van der Waals surface area contributed by atoms with E-state index in [0.29, 0.717) is 18.8 Å². The zero-order valence-electron chi connectivity index (χ0n) is 15.3. The Bertz CT molecular complexity index is 894. The first-order chi connectivity index (χ1) is 12.9. The van der Waals surface area contributed by atoms with E-state index in [0.717, 1.165) is 0 Å². The minimum absolute atomic E-state index is 0.0487. The van der Waals surface area contributed by atoms with Crippen molar-refractivity contribution >= 4 is 27.5 Å². The van der Waals surface area contributed by atoms with E-state index in [2.05, 4.69) is 10.6 Å². The molecule has 27 heavy (non-hydrogen) atoms. The van der Waals surface area contributed by atoms with Gasteiger partial charge in [0.25, 0.3) is 5.91 Å². The number of anilines is 1. The van der Waals surface area contributed by atoms with E-state index in [1.165, 1.54) is 28.6 Å². The molecule has 0 aliphatic carbocycles. The molecule has 0 bridgehead atoms. The minimum Gasteiger partial charge on any atom is -0.343 e. The van der Waals surface area contributed by atoms with E-state index in [1.807, 2.05) is 6.07 Å². The molecule has 2 aromatic carbocycles. The molecule has 144 valence electrons. The van der Waals surface area contributed by atoms with Gasteiger partial charge in [0, 0.05) is 24.3 Å². The summed E-state index contributed by atoms with van der Waals surface area (Å²) in [6, 6.07) is 14.7. The van der Waals surface area contributed by atoms with Crippen LogP contribution in [0.4, 0.5) is 5.69 Å². The summed E-state index contributed by atoms with van der Waals surface area (Å²) in [7, 11) is -3.66. The van der Waals surface area contributed by atoms with E-state index in [-0.39, 0.29) is 22.9 Å². The fourth-order valence-corrected chi connectivity index (χ4v) is 4.00. The van der Waals surface area contributed by atoms with Crippen molar-refractivity contribution in [2.45, 2.75) is 18.7 Å². The highest BCUT2D eigenvalue weighted by atomic mass is 32.2. The van der Waals surface area contributed by atoms with Gasteiger partial charge in [-0.15, -0.1) is 0 Å². The molecule has 0 saturated carbocycles. The van der Waals surface area contributed by atoms with Gasteiger partial charge in [0.1, 0.15) is 0 Å². The third-order valence-corrected chi connectivity index (χ3v) is 5.95. The average Bonchev–Trinajstić information content (AvgIpc) is 2.67. The Labute approximate surface area is 159 Å². The Morgan fingerprint density at radius 2 is 1.63 bits per heavy atom. The Hall–Kier alpha value is -2.71. The molecule has 0 saturated heterocycles. The first-order valence-electron chi connectivity index (χ1n) is 8.61. The first-order valence-corrected chi connectivity index (χ1v) is 10.1. The quantitative estimate of drug-likeness (QED) is 0.723. The number of carbonyl (C=O) groups is 2. The van der Waals surface area contributed by atoms with Crippen molar-refractivity contribution in [3.05, 3.63) is 60.2 Å². The van der Waals surface area contributed by atoms with Gasteiger partial charge < -0.3 is 10.6 Å². The maximum Gasteiger partial charge on any atom is 0.251 e. The molecule has 0 aliphatic rings. The molecule has 2 amide bonds. The maximum absolute atomic E-state index is 12.6. The highest BCUT2D eigenvalue weighted by molar-refractivity contribution is 7.89. The van der Waals surface area contributed by atoms with Crippen LogP contribution < -0.4 is 10.6 Å². The number of benzene rings is 2. The molecule has 0 radical (unpaired) electrons.